The lowest BCUT2D eigenvalue weighted by Crippen LogP contribution is -2.49. The minimum absolute atomic E-state index is 0.0662. The lowest BCUT2D eigenvalue weighted by molar-refractivity contribution is -0.137. The van der Waals surface area contributed by atoms with Gasteiger partial charge in [-0.05, 0) is 19.0 Å². The molecule has 1 fully saturated rings. The molecule has 5 heteroatoms. The summed E-state index contributed by atoms with van der Waals surface area (Å²) < 4.78 is 0. The van der Waals surface area contributed by atoms with Crippen LogP contribution < -0.4 is 5.32 Å². The molecule has 0 radical (unpaired) electrons. The van der Waals surface area contributed by atoms with Crippen LogP contribution in [0.25, 0.3) is 0 Å². The van der Waals surface area contributed by atoms with Gasteiger partial charge in [0.2, 0.25) is 11.8 Å². The first-order valence-corrected chi connectivity index (χ1v) is 7.94. The van der Waals surface area contributed by atoms with Gasteiger partial charge in [0.15, 0.2) is 0 Å². The molecule has 1 heterocycles. The highest BCUT2D eigenvalue weighted by molar-refractivity contribution is 5.97. The zero-order valence-corrected chi connectivity index (χ0v) is 13.4. The van der Waals surface area contributed by atoms with Crippen LogP contribution >= 0.6 is 0 Å². The van der Waals surface area contributed by atoms with Crippen molar-refractivity contribution in [1.29, 1.82) is 0 Å². The Bertz CT molecular complexity index is 496. The van der Waals surface area contributed by atoms with E-state index in [1.54, 1.807) is 4.90 Å². The number of hydrogen-bond donors (Lipinski definition) is 1. The fraction of sp³-hybridized carbons (Fsp3) is 0.529. The van der Waals surface area contributed by atoms with Crippen LogP contribution in [0.1, 0.15) is 31.9 Å². The van der Waals surface area contributed by atoms with Crippen molar-refractivity contribution in [1.82, 2.24) is 15.1 Å². The summed E-state index contributed by atoms with van der Waals surface area (Å²) in [7, 11) is 0. The Morgan fingerprint density at radius 1 is 1.14 bits per heavy atom. The third-order valence-corrected chi connectivity index (χ3v) is 4.16. The molecule has 22 heavy (non-hydrogen) atoms. The molecule has 1 saturated heterocycles. The second-order valence-electron chi connectivity index (χ2n) is 5.69. The van der Waals surface area contributed by atoms with E-state index in [2.05, 4.69) is 17.1 Å². The van der Waals surface area contributed by atoms with E-state index < -0.39 is 0 Å². The van der Waals surface area contributed by atoms with Gasteiger partial charge in [-0.25, -0.2) is 0 Å². The van der Waals surface area contributed by atoms with Crippen LogP contribution in [0.15, 0.2) is 30.3 Å². The Labute approximate surface area is 132 Å². The van der Waals surface area contributed by atoms with E-state index in [0.29, 0.717) is 13.1 Å². The first kappa shape index (κ1) is 16.5. The van der Waals surface area contributed by atoms with Crippen LogP contribution in [-0.4, -0.2) is 54.3 Å². The molecule has 0 aromatic heterocycles. The van der Waals surface area contributed by atoms with Crippen molar-refractivity contribution < 1.29 is 9.59 Å². The monoisotopic (exact) mass is 303 g/mol. The van der Waals surface area contributed by atoms with E-state index in [0.717, 1.165) is 25.2 Å². The van der Waals surface area contributed by atoms with Crippen LogP contribution in [0.2, 0.25) is 0 Å². The number of piperazine rings is 1. The van der Waals surface area contributed by atoms with E-state index in [1.165, 1.54) is 0 Å². The van der Waals surface area contributed by atoms with E-state index in [4.69, 9.17) is 0 Å². The van der Waals surface area contributed by atoms with Gasteiger partial charge in [-0.1, -0.05) is 37.3 Å². The van der Waals surface area contributed by atoms with Gasteiger partial charge in [-0.3, -0.25) is 9.59 Å². The Morgan fingerprint density at radius 2 is 1.77 bits per heavy atom. The predicted octanol–water partition coefficient (Wildman–Crippen LogP) is 1.42. The molecule has 1 unspecified atom stereocenters. The van der Waals surface area contributed by atoms with Crippen molar-refractivity contribution in [2.24, 2.45) is 0 Å². The number of carbonyl (C=O) groups excluding carboxylic acids is 2. The highest BCUT2D eigenvalue weighted by Gasteiger charge is 2.22. The maximum Gasteiger partial charge on any atom is 0.232 e. The van der Waals surface area contributed by atoms with Gasteiger partial charge in [-0.2, -0.15) is 0 Å². The molecule has 1 aliphatic rings. The number of nitrogens with zero attached hydrogens (tertiary/aromatic N) is 2. The molecular formula is C17H25N3O2. The summed E-state index contributed by atoms with van der Waals surface area (Å²) >= 11 is 0. The fourth-order valence-electron chi connectivity index (χ4n) is 2.68. The van der Waals surface area contributed by atoms with E-state index in [1.807, 2.05) is 37.3 Å². The molecule has 0 spiro atoms. The van der Waals surface area contributed by atoms with Gasteiger partial charge in [-0.15, -0.1) is 0 Å². The number of likely N-dealkylation sites (N-methyl/N-ethyl adjacent to an activating group) is 1. The van der Waals surface area contributed by atoms with Crippen LogP contribution in [0, 0.1) is 0 Å². The number of rotatable bonds is 5. The summed E-state index contributed by atoms with van der Waals surface area (Å²) in [6.07, 6.45) is -0.0662. The Kier molecular flexibility index (Phi) is 5.95. The molecule has 1 N–H and O–H groups in total. The summed E-state index contributed by atoms with van der Waals surface area (Å²) in [6, 6.07) is 9.68. The van der Waals surface area contributed by atoms with E-state index in [9.17, 15) is 9.59 Å². The molecular weight excluding hydrogens is 278 g/mol. The lowest BCUT2D eigenvalue weighted by Gasteiger charge is -2.34. The van der Waals surface area contributed by atoms with Crippen LogP contribution in [-0.2, 0) is 9.59 Å². The number of nitrogens with one attached hydrogen (secondary N) is 1. The van der Waals surface area contributed by atoms with Crippen molar-refractivity contribution in [3.63, 3.8) is 0 Å². The van der Waals surface area contributed by atoms with E-state index >= 15 is 0 Å². The molecule has 120 valence electrons. The minimum Gasteiger partial charge on any atom is -0.349 e. The van der Waals surface area contributed by atoms with Gasteiger partial charge in [0.05, 0.1) is 6.04 Å². The molecule has 1 atom stereocenters. The van der Waals surface area contributed by atoms with Gasteiger partial charge < -0.3 is 15.1 Å². The fourth-order valence-corrected chi connectivity index (χ4v) is 2.68. The minimum atomic E-state index is -0.209. The largest absolute Gasteiger partial charge is 0.349 e. The highest BCUT2D eigenvalue weighted by atomic mass is 16.2. The van der Waals surface area contributed by atoms with Gasteiger partial charge in [0, 0.05) is 26.2 Å². The molecule has 1 aromatic rings. The SMILES string of the molecule is CCN1CCN(C(=O)CC(=O)NC(C)c2ccccc2)CC1. The molecule has 2 rings (SSSR count). The Hall–Kier alpha value is -1.88. The van der Waals surface area contributed by atoms with Crippen molar-refractivity contribution in [3.8, 4) is 0 Å². The van der Waals surface area contributed by atoms with Crippen LogP contribution in [0.5, 0.6) is 0 Å². The topological polar surface area (TPSA) is 52.7 Å². The van der Waals surface area contributed by atoms with Gasteiger partial charge in [0.1, 0.15) is 6.42 Å². The molecule has 0 bridgehead atoms. The lowest BCUT2D eigenvalue weighted by atomic mass is 10.1. The third-order valence-electron chi connectivity index (χ3n) is 4.16. The van der Waals surface area contributed by atoms with Crippen molar-refractivity contribution >= 4 is 11.8 Å². The zero-order valence-electron chi connectivity index (χ0n) is 13.4. The first-order chi connectivity index (χ1) is 10.6. The maximum atomic E-state index is 12.2. The quantitative estimate of drug-likeness (QED) is 0.837. The van der Waals surface area contributed by atoms with Crippen molar-refractivity contribution in [2.75, 3.05) is 32.7 Å². The summed E-state index contributed by atoms with van der Waals surface area (Å²) in [5.41, 5.74) is 1.04. The summed E-state index contributed by atoms with van der Waals surface area (Å²) in [6.45, 7) is 8.28. The molecule has 1 aromatic carbocycles. The number of amides is 2. The first-order valence-electron chi connectivity index (χ1n) is 7.94. The van der Waals surface area contributed by atoms with E-state index in [-0.39, 0.29) is 24.3 Å². The third kappa shape index (κ3) is 4.56. The number of hydrogen-bond acceptors (Lipinski definition) is 3. The Morgan fingerprint density at radius 3 is 2.36 bits per heavy atom. The van der Waals surface area contributed by atoms with Gasteiger partial charge >= 0.3 is 0 Å². The second-order valence-corrected chi connectivity index (χ2v) is 5.69. The van der Waals surface area contributed by atoms with Crippen LogP contribution in [0.4, 0.5) is 0 Å². The highest BCUT2D eigenvalue weighted by Crippen LogP contribution is 2.11. The standard InChI is InChI=1S/C17H25N3O2/c1-3-19-9-11-20(12-10-19)17(22)13-16(21)18-14(2)15-7-5-4-6-8-15/h4-8,14H,3,9-13H2,1-2H3,(H,18,21). The summed E-state index contributed by atoms with van der Waals surface area (Å²) in [5, 5.41) is 2.89. The zero-order chi connectivity index (χ0) is 15.9. The van der Waals surface area contributed by atoms with Crippen LogP contribution in [0.3, 0.4) is 0 Å². The smallest absolute Gasteiger partial charge is 0.232 e. The predicted molar refractivity (Wildman–Crippen MR) is 86.3 cm³/mol. The normalized spacial score (nSPS) is 17.1. The number of carbonyl (C=O) groups is 2. The van der Waals surface area contributed by atoms with Crippen molar-refractivity contribution in [2.45, 2.75) is 26.3 Å². The molecule has 0 aliphatic carbocycles. The summed E-state index contributed by atoms with van der Waals surface area (Å²) in [4.78, 5) is 28.3. The molecule has 0 saturated carbocycles. The number of benzene rings is 1. The second kappa shape index (κ2) is 7.94. The summed E-state index contributed by atoms with van der Waals surface area (Å²) in [5.74, 6) is -0.284. The molecule has 5 nitrogen and oxygen atoms in total. The average Bonchev–Trinajstić information content (AvgIpc) is 2.55. The molecule has 2 amide bonds. The van der Waals surface area contributed by atoms with Gasteiger partial charge in [0.25, 0.3) is 0 Å². The average molecular weight is 303 g/mol. The van der Waals surface area contributed by atoms with Crippen molar-refractivity contribution in [3.05, 3.63) is 35.9 Å². The Balaban J connectivity index is 1.78. The molecule has 1 aliphatic heterocycles. The maximum absolute atomic E-state index is 12.2.